The summed E-state index contributed by atoms with van der Waals surface area (Å²) < 4.78 is 12.4. The van der Waals surface area contributed by atoms with Gasteiger partial charge in [0.05, 0.1) is 19.7 Å². The number of fused-ring (bicyclic) bond motifs is 1. The zero-order chi connectivity index (χ0) is 15.4. The second-order valence-electron chi connectivity index (χ2n) is 5.00. The Labute approximate surface area is 124 Å². The minimum Gasteiger partial charge on any atom is -0.493 e. The average Bonchev–Trinajstić information content (AvgIpc) is 2.80. The first-order chi connectivity index (χ1) is 10.1. The number of hydrogen-bond donors (Lipinski definition) is 1. The number of rotatable bonds is 7. The van der Waals surface area contributed by atoms with Crippen molar-refractivity contribution >= 4 is 16.9 Å². The van der Waals surface area contributed by atoms with Gasteiger partial charge in [-0.2, -0.15) is 0 Å². The average molecular weight is 291 g/mol. The van der Waals surface area contributed by atoms with Crippen LogP contribution in [0.5, 0.6) is 11.5 Å². The maximum absolute atomic E-state index is 11.0. The van der Waals surface area contributed by atoms with Crippen molar-refractivity contribution in [3.8, 4) is 11.5 Å². The van der Waals surface area contributed by atoms with Crippen LogP contribution in [0.2, 0.25) is 0 Å². The minimum atomic E-state index is -0.858. The molecule has 0 aliphatic rings. The molecule has 0 atom stereocenters. The molecule has 0 unspecified atom stereocenters. The first kappa shape index (κ1) is 15.2. The molecule has 1 aromatic heterocycles. The van der Waals surface area contributed by atoms with Crippen LogP contribution in [-0.2, 0) is 17.8 Å². The molecule has 1 heterocycles. The molecular weight excluding hydrogens is 270 g/mol. The van der Waals surface area contributed by atoms with E-state index >= 15 is 0 Å². The number of benzene rings is 1. The highest BCUT2D eigenvalue weighted by molar-refractivity contribution is 5.88. The molecule has 114 valence electrons. The molecule has 0 saturated carbocycles. The van der Waals surface area contributed by atoms with Gasteiger partial charge in [-0.25, -0.2) is 0 Å². The minimum absolute atomic E-state index is 0.0574. The van der Waals surface area contributed by atoms with Gasteiger partial charge in [0.15, 0.2) is 11.5 Å². The summed E-state index contributed by atoms with van der Waals surface area (Å²) in [6.07, 6.45) is 5.02. The van der Waals surface area contributed by atoms with Gasteiger partial charge in [0, 0.05) is 17.6 Å². The lowest BCUT2D eigenvalue weighted by Crippen LogP contribution is -2.07. The molecular formula is C16H21NO4. The van der Waals surface area contributed by atoms with Gasteiger partial charge >= 0.3 is 5.97 Å². The van der Waals surface area contributed by atoms with Gasteiger partial charge in [-0.1, -0.05) is 13.3 Å². The molecule has 0 fully saturated rings. The lowest BCUT2D eigenvalue weighted by molar-refractivity contribution is -0.137. The van der Waals surface area contributed by atoms with Gasteiger partial charge in [0.2, 0.25) is 0 Å². The number of unbranched alkanes of at least 4 members (excludes halogenated alkanes) is 1. The van der Waals surface area contributed by atoms with E-state index in [2.05, 4.69) is 6.92 Å². The van der Waals surface area contributed by atoms with Gasteiger partial charge in [0.1, 0.15) is 6.54 Å². The lowest BCUT2D eigenvalue weighted by atomic mass is 10.1. The lowest BCUT2D eigenvalue weighted by Gasteiger charge is -2.09. The summed E-state index contributed by atoms with van der Waals surface area (Å²) in [6, 6.07) is 3.77. The number of carbonyl (C=O) groups is 1. The second kappa shape index (κ2) is 6.52. The number of aryl methyl sites for hydroxylation is 1. The van der Waals surface area contributed by atoms with E-state index in [1.807, 2.05) is 18.3 Å². The molecule has 1 N–H and O–H groups in total. The molecule has 0 bridgehead atoms. The molecule has 0 aliphatic carbocycles. The number of carboxylic acids is 1. The fraction of sp³-hybridized carbons (Fsp3) is 0.438. The summed E-state index contributed by atoms with van der Waals surface area (Å²) in [6.45, 7) is 2.08. The Kier molecular flexibility index (Phi) is 4.73. The molecule has 21 heavy (non-hydrogen) atoms. The fourth-order valence-electron chi connectivity index (χ4n) is 2.53. The smallest absolute Gasteiger partial charge is 0.323 e. The van der Waals surface area contributed by atoms with Crippen LogP contribution in [0.1, 0.15) is 25.3 Å². The largest absolute Gasteiger partial charge is 0.493 e. The standard InChI is InChI=1S/C16H21NO4/c1-4-5-6-11-9-17(10-16(18)19)13-8-15(21-3)14(20-2)7-12(11)13/h7-9H,4-6,10H2,1-3H3,(H,18,19). The molecule has 1 aromatic carbocycles. The Bertz CT molecular complexity index is 645. The van der Waals surface area contributed by atoms with Gasteiger partial charge in [-0.15, -0.1) is 0 Å². The predicted octanol–water partition coefficient (Wildman–Crippen LogP) is 3.09. The first-order valence-corrected chi connectivity index (χ1v) is 7.06. The number of aliphatic carboxylic acids is 1. The van der Waals surface area contributed by atoms with Crippen LogP contribution in [0, 0.1) is 0 Å². The van der Waals surface area contributed by atoms with Crippen molar-refractivity contribution in [2.24, 2.45) is 0 Å². The van der Waals surface area contributed by atoms with Crippen molar-refractivity contribution in [1.29, 1.82) is 0 Å². The van der Waals surface area contributed by atoms with Crippen molar-refractivity contribution in [2.75, 3.05) is 14.2 Å². The summed E-state index contributed by atoms with van der Waals surface area (Å²) in [5, 5.41) is 10.1. The van der Waals surface area contributed by atoms with Crippen LogP contribution in [-0.4, -0.2) is 29.9 Å². The van der Waals surface area contributed by atoms with Gasteiger partial charge < -0.3 is 19.1 Å². The van der Waals surface area contributed by atoms with Crippen LogP contribution in [0.25, 0.3) is 10.9 Å². The van der Waals surface area contributed by atoms with Crippen LogP contribution >= 0.6 is 0 Å². The third kappa shape index (κ3) is 3.12. The first-order valence-electron chi connectivity index (χ1n) is 7.06. The Balaban J connectivity index is 2.59. The van der Waals surface area contributed by atoms with Crippen molar-refractivity contribution in [3.63, 3.8) is 0 Å². The summed E-state index contributed by atoms with van der Waals surface area (Å²) in [5.74, 6) is 0.413. The van der Waals surface area contributed by atoms with Crippen LogP contribution in [0.3, 0.4) is 0 Å². The number of hydrogen-bond acceptors (Lipinski definition) is 3. The Hall–Kier alpha value is -2.17. The monoisotopic (exact) mass is 291 g/mol. The topological polar surface area (TPSA) is 60.7 Å². The third-order valence-electron chi connectivity index (χ3n) is 3.57. The SMILES string of the molecule is CCCCc1cn(CC(=O)O)c2cc(OC)c(OC)cc12. The Morgan fingerprint density at radius 3 is 2.48 bits per heavy atom. The highest BCUT2D eigenvalue weighted by Crippen LogP contribution is 2.35. The maximum atomic E-state index is 11.0. The van der Waals surface area contributed by atoms with E-state index in [4.69, 9.17) is 14.6 Å². The van der Waals surface area contributed by atoms with Crippen molar-refractivity contribution < 1.29 is 19.4 Å². The maximum Gasteiger partial charge on any atom is 0.323 e. The molecule has 2 rings (SSSR count). The van der Waals surface area contributed by atoms with Crippen LogP contribution in [0.4, 0.5) is 0 Å². The van der Waals surface area contributed by atoms with Gasteiger partial charge in [-0.05, 0) is 24.5 Å². The molecule has 0 radical (unpaired) electrons. The second-order valence-corrected chi connectivity index (χ2v) is 5.00. The summed E-state index contributed by atoms with van der Waals surface area (Å²) in [7, 11) is 3.18. The highest BCUT2D eigenvalue weighted by atomic mass is 16.5. The zero-order valence-electron chi connectivity index (χ0n) is 12.7. The van der Waals surface area contributed by atoms with E-state index in [0.717, 1.165) is 35.7 Å². The van der Waals surface area contributed by atoms with Crippen LogP contribution < -0.4 is 9.47 Å². The van der Waals surface area contributed by atoms with E-state index in [1.165, 1.54) is 0 Å². The summed E-state index contributed by atoms with van der Waals surface area (Å²) >= 11 is 0. The van der Waals surface area contributed by atoms with E-state index < -0.39 is 5.97 Å². The number of ether oxygens (including phenoxy) is 2. The summed E-state index contributed by atoms with van der Waals surface area (Å²) in [4.78, 5) is 11.0. The van der Waals surface area contributed by atoms with Gasteiger partial charge in [0.25, 0.3) is 0 Å². The fourth-order valence-corrected chi connectivity index (χ4v) is 2.53. The molecule has 0 aliphatic heterocycles. The molecule has 5 nitrogen and oxygen atoms in total. The van der Waals surface area contributed by atoms with E-state index in [0.29, 0.717) is 11.5 Å². The summed E-state index contributed by atoms with van der Waals surface area (Å²) in [5.41, 5.74) is 2.01. The molecule has 5 heteroatoms. The zero-order valence-corrected chi connectivity index (χ0v) is 12.7. The Morgan fingerprint density at radius 1 is 1.24 bits per heavy atom. The Morgan fingerprint density at radius 2 is 1.90 bits per heavy atom. The number of carboxylic acid groups (broad SMARTS) is 1. The van der Waals surface area contributed by atoms with Crippen LogP contribution in [0.15, 0.2) is 18.3 Å². The normalized spacial score (nSPS) is 10.8. The number of methoxy groups -OCH3 is 2. The van der Waals surface area contributed by atoms with E-state index in [1.54, 1.807) is 18.8 Å². The molecule has 2 aromatic rings. The highest BCUT2D eigenvalue weighted by Gasteiger charge is 2.15. The van der Waals surface area contributed by atoms with Crippen molar-refractivity contribution in [1.82, 2.24) is 4.57 Å². The molecule has 0 amide bonds. The number of aromatic nitrogens is 1. The third-order valence-corrected chi connectivity index (χ3v) is 3.57. The van der Waals surface area contributed by atoms with E-state index in [-0.39, 0.29) is 6.54 Å². The predicted molar refractivity (Wildman–Crippen MR) is 81.3 cm³/mol. The quantitative estimate of drug-likeness (QED) is 0.851. The number of nitrogens with zero attached hydrogens (tertiary/aromatic N) is 1. The van der Waals surface area contributed by atoms with E-state index in [9.17, 15) is 4.79 Å². The van der Waals surface area contributed by atoms with Gasteiger partial charge in [-0.3, -0.25) is 4.79 Å². The molecule has 0 spiro atoms. The van der Waals surface area contributed by atoms with Crippen molar-refractivity contribution in [3.05, 3.63) is 23.9 Å². The van der Waals surface area contributed by atoms with Crippen molar-refractivity contribution in [2.45, 2.75) is 32.7 Å². The molecule has 0 saturated heterocycles.